The summed E-state index contributed by atoms with van der Waals surface area (Å²) in [4.78, 5) is 24.2. The average molecular weight is 345 g/mol. The molecule has 2 amide bonds. The maximum Gasteiger partial charge on any atom is 0.251 e. The second-order valence-corrected chi connectivity index (χ2v) is 5.63. The molecule has 5 heteroatoms. The Kier molecular flexibility index (Phi) is 5.62. The third-order valence-electron chi connectivity index (χ3n) is 3.70. The van der Waals surface area contributed by atoms with Crippen molar-refractivity contribution in [1.82, 2.24) is 5.32 Å². The zero-order valence-corrected chi connectivity index (χ0v) is 14.1. The van der Waals surface area contributed by atoms with Gasteiger partial charge in [-0.1, -0.05) is 48.5 Å². The number of rotatable bonds is 6. The minimum absolute atomic E-state index is 0.104. The molecule has 0 fully saturated rings. The number of hydrogen-bond donors (Lipinski definition) is 3. The van der Waals surface area contributed by atoms with Gasteiger partial charge in [0, 0.05) is 11.3 Å². The lowest BCUT2D eigenvalue weighted by molar-refractivity contribution is -0.115. The van der Waals surface area contributed by atoms with Crippen LogP contribution in [0.1, 0.15) is 10.4 Å². The van der Waals surface area contributed by atoms with Gasteiger partial charge in [0.2, 0.25) is 5.91 Å². The van der Waals surface area contributed by atoms with Crippen molar-refractivity contribution >= 4 is 28.9 Å². The summed E-state index contributed by atoms with van der Waals surface area (Å²) in [5, 5.41) is 8.70. The Balaban J connectivity index is 1.60. The molecule has 3 aromatic carbocycles. The second kappa shape index (κ2) is 8.48. The Labute approximate surface area is 152 Å². The zero-order chi connectivity index (χ0) is 18.2. The standard InChI is InChI=1S/C21H19N3O2/c25-20(15-22-21(26)16-9-3-1-4-10-16)24-19-14-8-7-13-18(19)23-17-11-5-2-6-12-17/h1-14,23H,15H2,(H,22,26)(H,24,25). The van der Waals surface area contributed by atoms with Crippen LogP contribution in [0.15, 0.2) is 84.9 Å². The van der Waals surface area contributed by atoms with Crippen molar-refractivity contribution in [2.24, 2.45) is 0 Å². The fraction of sp³-hybridized carbons (Fsp3) is 0.0476. The fourth-order valence-electron chi connectivity index (χ4n) is 2.42. The largest absolute Gasteiger partial charge is 0.354 e. The maximum absolute atomic E-state index is 12.2. The van der Waals surface area contributed by atoms with Crippen molar-refractivity contribution in [1.29, 1.82) is 0 Å². The van der Waals surface area contributed by atoms with E-state index in [9.17, 15) is 9.59 Å². The molecule has 3 aromatic rings. The first-order valence-electron chi connectivity index (χ1n) is 8.26. The molecular formula is C21H19N3O2. The number of amides is 2. The van der Waals surface area contributed by atoms with Crippen LogP contribution >= 0.6 is 0 Å². The number of carbonyl (C=O) groups excluding carboxylic acids is 2. The molecule has 3 rings (SSSR count). The Morgan fingerprint density at radius 3 is 1.96 bits per heavy atom. The number of nitrogens with one attached hydrogen (secondary N) is 3. The normalized spacial score (nSPS) is 10.0. The number of para-hydroxylation sites is 3. The Bertz CT molecular complexity index is 880. The summed E-state index contributed by atoms with van der Waals surface area (Å²) in [6.07, 6.45) is 0. The fourth-order valence-corrected chi connectivity index (χ4v) is 2.42. The van der Waals surface area contributed by atoms with Crippen LogP contribution in [-0.4, -0.2) is 18.4 Å². The van der Waals surface area contributed by atoms with Gasteiger partial charge in [0.15, 0.2) is 0 Å². The highest BCUT2D eigenvalue weighted by Crippen LogP contribution is 2.24. The summed E-state index contributed by atoms with van der Waals surface area (Å²) < 4.78 is 0. The van der Waals surface area contributed by atoms with Crippen LogP contribution in [0.4, 0.5) is 17.1 Å². The molecule has 0 heterocycles. The molecule has 5 nitrogen and oxygen atoms in total. The van der Waals surface area contributed by atoms with E-state index in [0.717, 1.165) is 11.4 Å². The SMILES string of the molecule is O=C(CNC(=O)c1ccccc1)Nc1ccccc1Nc1ccccc1. The predicted molar refractivity (Wildman–Crippen MR) is 104 cm³/mol. The zero-order valence-electron chi connectivity index (χ0n) is 14.1. The Morgan fingerprint density at radius 1 is 0.692 bits per heavy atom. The van der Waals surface area contributed by atoms with E-state index < -0.39 is 0 Å². The van der Waals surface area contributed by atoms with Crippen molar-refractivity contribution in [3.05, 3.63) is 90.5 Å². The van der Waals surface area contributed by atoms with E-state index in [-0.39, 0.29) is 18.4 Å². The van der Waals surface area contributed by atoms with Crippen molar-refractivity contribution < 1.29 is 9.59 Å². The van der Waals surface area contributed by atoms with E-state index in [1.54, 1.807) is 24.3 Å². The Morgan fingerprint density at radius 2 is 1.27 bits per heavy atom. The number of hydrogen-bond acceptors (Lipinski definition) is 3. The average Bonchev–Trinajstić information content (AvgIpc) is 2.69. The van der Waals surface area contributed by atoms with Crippen LogP contribution in [-0.2, 0) is 4.79 Å². The van der Waals surface area contributed by atoms with Crippen LogP contribution in [0.5, 0.6) is 0 Å². The van der Waals surface area contributed by atoms with Crippen LogP contribution in [0.3, 0.4) is 0 Å². The summed E-state index contributed by atoms with van der Waals surface area (Å²) in [5.74, 6) is -0.576. The third-order valence-corrected chi connectivity index (χ3v) is 3.70. The van der Waals surface area contributed by atoms with Crippen molar-refractivity contribution in [3.8, 4) is 0 Å². The molecule has 0 aliphatic heterocycles. The van der Waals surface area contributed by atoms with Gasteiger partial charge in [-0.2, -0.15) is 0 Å². The van der Waals surface area contributed by atoms with Crippen LogP contribution in [0.2, 0.25) is 0 Å². The van der Waals surface area contributed by atoms with Crippen LogP contribution in [0.25, 0.3) is 0 Å². The summed E-state index contributed by atoms with van der Waals surface area (Å²) in [7, 11) is 0. The molecule has 0 aromatic heterocycles. The lowest BCUT2D eigenvalue weighted by Crippen LogP contribution is -2.32. The molecule has 0 unspecified atom stereocenters. The molecule has 0 radical (unpaired) electrons. The van der Waals surface area contributed by atoms with Gasteiger partial charge in [-0.3, -0.25) is 9.59 Å². The van der Waals surface area contributed by atoms with E-state index in [4.69, 9.17) is 0 Å². The van der Waals surface area contributed by atoms with Crippen molar-refractivity contribution in [3.63, 3.8) is 0 Å². The van der Waals surface area contributed by atoms with Crippen LogP contribution < -0.4 is 16.0 Å². The van der Waals surface area contributed by atoms with Gasteiger partial charge in [-0.25, -0.2) is 0 Å². The minimum atomic E-state index is -0.295. The molecule has 26 heavy (non-hydrogen) atoms. The lowest BCUT2D eigenvalue weighted by atomic mass is 10.2. The van der Waals surface area contributed by atoms with Crippen molar-refractivity contribution in [2.75, 3.05) is 17.2 Å². The van der Waals surface area contributed by atoms with E-state index >= 15 is 0 Å². The highest BCUT2D eigenvalue weighted by atomic mass is 16.2. The van der Waals surface area contributed by atoms with Crippen LogP contribution in [0, 0.1) is 0 Å². The van der Waals surface area contributed by atoms with Gasteiger partial charge < -0.3 is 16.0 Å². The molecular weight excluding hydrogens is 326 g/mol. The molecule has 130 valence electrons. The summed E-state index contributed by atoms with van der Waals surface area (Å²) in [6, 6.07) is 25.9. The molecule has 0 atom stereocenters. The van der Waals surface area contributed by atoms with Crippen molar-refractivity contribution in [2.45, 2.75) is 0 Å². The molecule has 0 saturated heterocycles. The lowest BCUT2D eigenvalue weighted by Gasteiger charge is -2.13. The van der Waals surface area contributed by atoms with E-state index in [2.05, 4.69) is 16.0 Å². The summed E-state index contributed by atoms with van der Waals surface area (Å²) in [6.45, 7) is -0.104. The first kappa shape index (κ1) is 17.2. The van der Waals surface area contributed by atoms with Gasteiger partial charge in [0.25, 0.3) is 5.91 Å². The third kappa shape index (κ3) is 4.70. The summed E-state index contributed by atoms with van der Waals surface area (Å²) in [5.41, 5.74) is 2.87. The molecule has 0 aliphatic rings. The molecule has 0 saturated carbocycles. The second-order valence-electron chi connectivity index (χ2n) is 5.63. The molecule has 0 spiro atoms. The predicted octanol–water partition coefficient (Wildman–Crippen LogP) is 3.80. The number of carbonyl (C=O) groups is 2. The topological polar surface area (TPSA) is 70.2 Å². The Hall–Kier alpha value is -3.60. The van der Waals surface area contributed by atoms with E-state index in [0.29, 0.717) is 11.3 Å². The molecule has 3 N–H and O–H groups in total. The number of benzene rings is 3. The highest BCUT2D eigenvalue weighted by molar-refractivity contribution is 6.00. The van der Waals surface area contributed by atoms with E-state index in [1.807, 2.05) is 60.7 Å². The van der Waals surface area contributed by atoms with Gasteiger partial charge in [0.05, 0.1) is 17.9 Å². The monoisotopic (exact) mass is 345 g/mol. The highest BCUT2D eigenvalue weighted by Gasteiger charge is 2.09. The van der Waals surface area contributed by atoms with E-state index in [1.165, 1.54) is 0 Å². The number of anilines is 3. The quantitative estimate of drug-likeness (QED) is 0.636. The van der Waals surface area contributed by atoms with Gasteiger partial charge in [-0.05, 0) is 36.4 Å². The smallest absolute Gasteiger partial charge is 0.251 e. The first-order chi connectivity index (χ1) is 12.7. The van der Waals surface area contributed by atoms with Gasteiger partial charge in [0.1, 0.15) is 0 Å². The summed E-state index contributed by atoms with van der Waals surface area (Å²) >= 11 is 0. The first-order valence-corrected chi connectivity index (χ1v) is 8.26. The molecule has 0 bridgehead atoms. The minimum Gasteiger partial charge on any atom is -0.354 e. The van der Waals surface area contributed by atoms with Gasteiger partial charge in [-0.15, -0.1) is 0 Å². The molecule has 0 aliphatic carbocycles. The van der Waals surface area contributed by atoms with Gasteiger partial charge >= 0.3 is 0 Å². The maximum atomic E-state index is 12.2.